The van der Waals surface area contributed by atoms with E-state index in [-0.39, 0.29) is 18.6 Å². The topological polar surface area (TPSA) is 111 Å². The van der Waals surface area contributed by atoms with Crippen molar-refractivity contribution >= 4 is 17.3 Å². The number of aliphatic hydroxyl groups excluding tert-OH is 1. The van der Waals surface area contributed by atoms with E-state index in [0.717, 1.165) is 7.11 Å². The lowest BCUT2D eigenvalue weighted by Gasteiger charge is -2.33. The summed E-state index contributed by atoms with van der Waals surface area (Å²) in [5.74, 6) is -0.820. The fourth-order valence-electron chi connectivity index (χ4n) is 3.05. The molecule has 0 amide bonds. The number of carbonyl (C=O) groups excluding carboxylic acids is 1. The minimum Gasteiger partial charge on any atom is -0.465 e. The molecule has 1 heterocycles. The molecule has 9 nitrogen and oxygen atoms in total. The quantitative estimate of drug-likeness (QED) is 0.464. The summed E-state index contributed by atoms with van der Waals surface area (Å²) < 4.78 is 15.2. The van der Waals surface area contributed by atoms with Gasteiger partial charge in [-0.05, 0) is 6.07 Å². The summed E-state index contributed by atoms with van der Waals surface area (Å²) in [5, 5.41) is 22.0. The number of hydrogen-bond donors (Lipinski definition) is 1. The van der Waals surface area contributed by atoms with Gasteiger partial charge >= 0.3 is 5.97 Å². The first-order valence-electron chi connectivity index (χ1n) is 7.20. The van der Waals surface area contributed by atoms with Gasteiger partial charge in [-0.1, -0.05) is 0 Å². The van der Waals surface area contributed by atoms with E-state index < -0.39 is 28.4 Å². The predicted octanol–water partition coefficient (Wildman–Crippen LogP) is 1.03. The zero-order valence-electron chi connectivity index (χ0n) is 13.9. The molecule has 0 fully saturated rings. The van der Waals surface area contributed by atoms with Gasteiger partial charge in [-0.3, -0.25) is 10.1 Å². The molecular weight excluding hydrogens is 320 g/mol. The monoisotopic (exact) mass is 340 g/mol. The lowest BCUT2D eigenvalue weighted by Crippen LogP contribution is -2.45. The van der Waals surface area contributed by atoms with E-state index in [1.54, 1.807) is 7.05 Å². The van der Waals surface area contributed by atoms with Crippen molar-refractivity contribution in [1.29, 1.82) is 0 Å². The number of rotatable bonds is 6. The van der Waals surface area contributed by atoms with Crippen LogP contribution in [0.2, 0.25) is 0 Å². The van der Waals surface area contributed by atoms with Crippen molar-refractivity contribution in [3.05, 3.63) is 33.4 Å². The molecule has 1 aromatic carbocycles. The Labute approximate surface area is 138 Å². The molecule has 1 aromatic rings. The third-order valence-corrected chi connectivity index (χ3v) is 4.38. The van der Waals surface area contributed by atoms with E-state index >= 15 is 0 Å². The maximum Gasteiger partial charge on any atom is 0.344 e. The van der Waals surface area contributed by atoms with Crippen molar-refractivity contribution in [3.63, 3.8) is 0 Å². The van der Waals surface area contributed by atoms with Crippen LogP contribution in [0.15, 0.2) is 12.1 Å². The molecule has 2 rings (SSSR count). The molecule has 0 aliphatic carbocycles. The third kappa shape index (κ3) is 2.60. The fraction of sp³-hybridized carbons (Fsp3) is 0.533. The Morgan fingerprint density at radius 2 is 2.08 bits per heavy atom. The Kier molecular flexibility index (Phi) is 5.07. The van der Waals surface area contributed by atoms with Gasteiger partial charge in [-0.25, -0.2) is 4.79 Å². The Hall–Kier alpha value is -2.23. The number of nitrogens with zero attached hydrogens (tertiary/aromatic N) is 2. The van der Waals surface area contributed by atoms with Gasteiger partial charge in [0.05, 0.1) is 12.0 Å². The second-order valence-electron chi connectivity index (χ2n) is 5.46. The molecular formula is C15H20N2O7. The molecule has 24 heavy (non-hydrogen) atoms. The normalized spacial score (nSPS) is 22.4. The van der Waals surface area contributed by atoms with Gasteiger partial charge in [0, 0.05) is 51.6 Å². The molecule has 132 valence electrons. The number of ether oxygens (including phenoxy) is 3. The fourth-order valence-corrected chi connectivity index (χ4v) is 3.05. The summed E-state index contributed by atoms with van der Waals surface area (Å²) in [7, 11) is 5.69. The SMILES string of the molecule is COCCC1(OC)c2cc([N+](=O)[O-])c(C(=O)OC)cc2N(C)C1O. The first-order valence-corrected chi connectivity index (χ1v) is 7.20. The van der Waals surface area contributed by atoms with Crippen molar-refractivity contribution in [2.24, 2.45) is 0 Å². The van der Waals surface area contributed by atoms with Gasteiger partial charge in [-0.2, -0.15) is 0 Å². The zero-order chi connectivity index (χ0) is 18.1. The number of fused-ring (bicyclic) bond motifs is 1. The van der Waals surface area contributed by atoms with Crippen LogP contribution >= 0.6 is 0 Å². The summed E-state index contributed by atoms with van der Waals surface area (Å²) in [6.07, 6.45) is -0.798. The van der Waals surface area contributed by atoms with Crippen LogP contribution < -0.4 is 4.90 Å². The van der Waals surface area contributed by atoms with E-state index in [4.69, 9.17) is 9.47 Å². The van der Waals surface area contributed by atoms with Crippen molar-refractivity contribution < 1.29 is 29.0 Å². The maximum atomic E-state index is 11.9. The van der Waals surface area contributed by atoms with E-state index in [1.165, 1.54) is 31.3 Å². The summed E-state index contributed by atoms with van der Waals surface area (Å²) in [6.45, 7) is 0.282. The number of aliphatic hydroxyl groups is 1. The van der Waals surface area contributed by atoms with Crippen LogP contribution in [0.4, 0.5) is 11.4 Å². The second kappa shape index (κ2) is 6.71. The summed E-state index contributed by atoms with van der Waals surface area (Å²) in [6, 6.07) is 2.60. The number of anilines is 1. The Bertz CT molecular complexity index is 663. The van der Waals surface area contributed by atoms with Crippen molar-refractivity contribution in [2.45, 2.75) is 18.2 Å². The Morgan fingerprint density at radius 3 is 2.58 bits per heavy atom. The number of methoxy groups -OCH3 is 3. The maximum absolute atomic E-state index is 11.9. The molecule has 9 heteroatoms. The highest BCUT2D eigenvalue weighted by atomic mass is 16.6. The molecule has 0 aromatic heterocycles. The summed E-state index contributed by atoms with van der Waals surface area (Å²) in [4.78, 5) is 24.1. The average molecular weight is 340 g/mol. The lowest BCUT2D eigenvalue weighted by molar-refractivity contribution is -0.385. The highest BCUT2D eigenvalue weighted by Crippen LogP contribution is 2.48. The first kappa shape index (κ1) is 18.1. The van der Waals surface area contributed by atoms with Gasteiger partial charge in [0.15, 0.2) is 6.23 Å². The number of nitro groups is 1. The van der Waals surface area contributed by atoms with Crippen LogP contribution in [0.5, 0.6) is 0 Å². The minimum absolute atomic E-state index is 0.182. The lowest BCUT2D eigenvalue weighted by atomic mass is 9.89. The van der Waals surface area contributed by atoms with Crippen LogP contribution in [0.1, 0.15) is 22.3 Å². The molecule has 0 spiro atoms. The van der Waals surface area contributed by atoms with Crippen molar-refractivity contribution in [3.8, 4) is 0 Å². The van der Waals surface area contributed by atoms with Gasteiger partial charge in [-0.15, -0.1) is 0 Å². The predicted molar refractivity (Wildman–Crippen MR) is 84.0 cm³/mol. The van der Waals surface area contributed by atoms with Gasteiger partial charge in [0.1, 0.15) is 11.2 Å². The Morgan fingerprint density at radius 1 is 1.42 bits per heavy atom. The molecule has 0 radical (unpaired) electrons. The number of benzene rings is 1. The second-order valence-corrected chi connectivity index (χ2v) is 5.46. The van der Waals surface area contributed by atoms with Crippen LogP contribution in [-0.2, 0) is 19.8 Å². The van der Waals surface area contributed by atoms with Crippen LogP contribution in [0.25, 0.3) is 0 Å². The smallest absolute Gasteiger partial charge is 0.344 e. The molecule has 2 atom stereocenters. The Balaban J connectivity index is 2.70. The van der Waals surface area contributed by atoms with E-state index in [2.05, 4.69) is 4.74 Å². The highest BCUT2D eigenvalue weighted by Gasteiger charge is 2.51. The average Bonchev–Trinajstić information content (AvgIpc) is 2.79. The van der Waals surface area contributed by atoms with Gasteiger partial charge < -0.3 is 24.2 Å². The van der Waals surface area contributed by atoms with E-state index in [9.17, 15) is 20.0 Å². The number of likely N-dealkylation sites (N-methyl/N-ethyl adjacent to an activating group) is 1. The van der Waals surface area contributed by atoms with Crippen LogP contribution in [-0.4, -0.2) is 57.2 Å². The van der Waals surface area contributed by atoms with Crippen LogP contribution in [0, 0.1) is 10.1 Å². The van der Waals surface area contributed by atoms with Crippen LogP contribution in [0.3, 0.4) is 0 Å². The first-order chi connectivity index (χ1) is 11.3. The number of esters is 1. The number of carbonyl (C=O) groups is 1. The molecule has 0 saturated carbocycles. The number of hydrogen-bond acceptors (Lipinski definition) is 8. The molecule has 1 N–H and O–H groups in total. The van der Waals surface area contributed by atoms with Gasteiger partial charge in [0.25, 0.3) is 5.69 Å². The molecule has 0 bridgehead atoms. The van der Waals surface area contributed by atoms with E-state index in [0.29, 0.717) is 11.3 Å². The molecule has 1 aliphatic rings. The van der Waals surface area contributed by atoms with E-state index in [1.807, 2.05) is 0 Å². The minimum atomic E-state index is -1.19. The van der Waals surface area contributed by atoms with Crippen molar-refractivity contribution in [1.82, 2.24) is 0 Å². The largest absolute Gasteiger partial charge is 0.465 e. The molecule has 2 unspecified atom stereocenters. The number of nitro benzene ring substituents is 1. The third-order valence-electron chi connectivity index (χ3n) is 4.38. The van der Waals surface area contributed by atoms with Gasteiger partial charge in [0.2, 0.25) is 0 Å². The standard InChI is InChI=1S/C15H20N2O7/c1-16-12-7-9(13(18)23-3)11(17(20)21)8-10(12)15(24-4,14(16)19)5-6-22-2/h7-8,14,19H,5-6H2,1-4H3. The molecule has 1 aliphatic heterocycles. The molecule has 0 saturated heterocycles. The zero-order valence-corrected chi connectivity index (χ0v) is 13.9. The van der Waals surface area contributed by atoms with Crippen molar-refractivity contribution in [2.75, 3.05) is 39.9 Å². The highest BCUT2D eigenvalue weighted by molar-refractivity contribution is 5.96. The summed E-state index contributed by atoms with van der Waals surface area (Å²) in [5.41, 5.74) is -0.886. The summed E-state index contributed by atoms with van der Waals surface area (Å²) >= 11 is 0.